The first-order chi connectivity index (χ1) is 9.49. The molecule has 1 aromatic rings. The fourth-order valence-corrected chi connectivity index (χ4v) is 1.98. The molecule has 1 amide bonds. The monoisotopic (exact) mass is 292 g/mol. The van der Waals surface area contributed by atoms with Gasteiger partial charge < -0.3 is 10.2 Å². The molecule has 0 radical (unpaired) electrons. The van der Waals surface area contributed by atoms with Crippen LogP contribution in [0.2, 0.25) is 5.02 Å². The number of hydrogen-bond acceptors (Lipinski definition) is 3. The Kier molecular flexibility index (Phi) is 4.45. The van der Waals surface area contributed by atoms with Gasteiger partial charge in [0.25, 0.3) is 5.91 Å². The van der Waals surface area contributed by atoms with Crippen molar-refractivity contribution >= 4 is 23.3 Å². The number of Topliss-reactive ketones (excluding diaryl/α,β-unsaturated/α-hetero) is 1. The second-order valence-corrected chi connectivity index (χ2v) is 5.47. The molecule has 0 heterocycles. The number of amides is 1. The van der Waals surface area contributed by atoms with Gasteiger partial charge in [-0.05, 0) is 25.0 Å². The SMILES string of the molecule is CN(C)/C=C(\C(=O)NC1CC1)C(=O)c1ccccc1Cl. The molecular weight excluding hydrogens is 276 g/mol. The van der Waals surface area contributed by atoms with Crippen LogP contribution in [0.15, 0.2) is 36.0 Å². The summed E-state index contributed by atoms with van der Waals surface area (Å²) in [5.74, 6) is -0.700. The molecule has 2 rings (SSSR count). The van der Waals surface area contributed by atoms with Crippen molar-refractivity contribution in [1.29, 1.82) is 0 Å². The molecule has 106 valence electrons. The lowest BCUT2D eigenvalue weighted by atomic mass is 10.0. The number of rotatable bonds is 5. The van der Waals surface area contributed by atoms with Gasteiger partial charge in [-0.3, -0.25) is 9.59 Å². The number of ketones is 1. The molecule has 0 bridgehead atoms. The van der Waals surface area contributed by atoms with Gasteiger partial charge in [0, 0.05) is 31.9 Å². The first-order valence-electron chi connectivity index (χ1n) is 6.47. The van der Waals surface area contributed by atoms with Crippen LogP contribution in [-0.4, -0.2) is 36.7 Å². The molecule has 0 saturated heterocycles. The molecule has 0 unspecified atom stereocenters. The third-order valence-corrected chi connectivity index (χ3v) is 3.24. The van der Waals surface area contributed by atoms with Gasteiger partial charge in [0.2, 0.25) is 5.78 Å². The second-order valence-electron chi connectivity index (χ2n) is 5.06. The summed E-state index contributed by atoms with van der Waals surface area (Å²) in [4.78, 5) is 26.4. The average Bonchev–Trinajstić information content (AvgIpc) is 3.19. The van der Waals surface area contributed by atoms with E-state index in [1.54, 1.807) is 43.3 Å². The van der Waals surface area contributed by atoms with E-state index in [0.29, 0.717) is 10.6 Å². The fourth-order valence-electron chi connectivity index (χ4n) is 1.76. The van der Waals surface area contributed by atoms with Gasteiger partial charge in [0.15, 0.2) is 0 Å². The lowest BCUT2D eigenvalue weighted by Gasteiger charge is -2.12. The van der Waals surface area contributed by atoms with Gasteiger partial charge >= 0.3 is 0 Å². The molecule has 5 heteroatoms. The van der Waals surface area contributed by atoms with Crippen molar-refractivity contribution in [2.75, 3.05) is 14.1 Å². The Morgan fingerprint density at radius 2 is 1.95 bits per heavy atom. The van der Waals surface area contributed by atoms with Crippen molar-refractivity contribution in [3.8, 4) is 0 Å². The first kappa shape index (κ1) is 14.6. The van der Waals surface area contributed by atoms with Gasteiger partial charge in [0.05, 0.1) is 5.02 Å². The molecule has 0 atom stereocenters. The summed E-state index contributed by atoms with van der Waals surface area (Å²) >= 11 is 6.03. The Hall–Kier alpha value is -1.81. The molecule has 0 aromatic heterocycles. The van der Waals surface area contributed by atoms with E-state index >= 15 is 0 Å². The van der Waals surface area contributed by atoms with Crippen LogP contribution in [0.3, 0.4) is 0 Å². The molecule has 1 fully saturated rings. The Labute approximate surface area is 123 Å². The van der Waals surface area contributed by atoms with E-state index in [4.69, 9.17) is 11.6 Å². The topological polar surface area (TPSA) is 49.4 Å². The molecule has 1 saturated carbocycles. The number of nitrogens with zero attached hydrogens (tertiary/aromatic N) is 1. The van der Waals surface area contributed by atoms with Crippen molar-refractivity contribution < 1.29 is 9.59 Å². The summed E-state index contributed by atoms with van der Waals surface area (Å²) in [6, 6.07) is 6.94. The maximum atomic E-state index is 12.5. The van der Waals surface area contributed by atoms with E-state index in [9.17, 15) is 9.59 Å². The highest BCUT2D eigenvalue weighted by Crippen LogP contribution is 2.22. The minimum Gasteiger partial charge on any atom is -0.383 e. The molecule has 20 heavy (non-hydrogen) atoms. The van der Waals surface area contributed by atoms with Crippen LogP contribution in [0, 0.1) is 0 Å². The standard InChI is InChI=1S/C15H17ClN2O2/c1-18(2)9-12(15(20)17-10-7-8-10)14(19)11-5-3-4-6-13(11)16/h3-6,9-10H,7-8H2,1-2H3,(H,17,20)/b12-9-. The normalized spacial score (nSPS) is 14.8. The minimum absolute atomic E-state index is 0.106. The lowest BCUT2D eigenvalue weighted by Crippen LogP contribution is -2.31. The molecule has 1 N–H and O–H groups in total. The molecule has 4 nitrogen and oxygen atoms in total. The highest BCUT2D eigenvalue weighted by atomic mass is 35.5. The second kappa shape index (κ2) is 6.09. The summed E-state index contributed by atoms with van der Waals surface area (Å²) in [7, 11) is 3.54. The average molecular weight is 293 g/mol. The van der Waals surface area contributed by atoms with Crippen LogP contribution in [-0.2, 0) is 4.79 Å². The number of hydrogen-bond donors (Lipinski definition) is 1. The van der Waals surface area contributed by atoms with E-state index < -0.39 is 0 Å². The van der Waals surface area contributed by atoms with Crippen molar-refractivity contribution in [2.45, 2.75) is 18.9 Å². The summed E-state index contributed by atoms with van der Waals surface area (Å²) in [6.45, 7) is 0. The third kappa shape index (κ3) is 3.61. The summed E-state index contributed by atoms with van der Waals surface area (Å²) in [6.07, 6.45) is 3.48. The first-order valence-corrected chi connectivity index (χ1v) is 6.85. The fraction of sp³-hybridized carbons (Fsp3) is 0.333. The zero-order valence-electron chi connectivity index (χ0n) is 11.5. The van der Waals surface area contributed by atoms with E-state index in [0.717, 1.165) is 12.8 Å². The molecule has 0 spiro atoms. The molecule has 1 aliphatic rings. The number of carbonyl (C=O) groups excluding carboxylic acids is 2. The van der Waals surface area contributed by atoms with Crippen LogP contribution in [0.4, 0.5) is 0 Å². The highest BCUT2D eigenvalue weighted by Gasteiger charge is 2.28. The smallest absolute Gasteiger partial charge is 0.256 e. The summed E-state index contributed by atoms with van der Waals surface area (Å²) in [5, 5.41) is 3.18. The molecule has 0 aliphatic heterocycles. The Balaban J connectivity index is 2.28. The maximum Gasteiger partial charge on any atom is 0.256 e. The number of carbonyl (C=O) groups is 2. The Bertz CT molecular complexity index is 563. The van der Waals surface area contributed by atoms with E-state index in [1.807, 2.05) is 0 Å². The van der Waals surface area contributed by atoms with Gasteiger partial charge in [-0.1, -0.05) is 23.7 Å². The number of halogens is 1. The Morgan fingerprint density at radius 3 is 2.50 bits per heavy atom. The highest BCUT2D eigenvalue weighted by molar-refractivity contribution is 6.37. The van der Waals surface area contributed by atoms with E-state index in [-0.39, 0.29) is 23.3 Å². The minimum atomic E-state index is -0.359. The van der Waals surface area contributed by atoms with Crippen molar-refractivity contribution in [3.05, 3.63) is 46.6 Å². The largest absolute Gasteiger partial charge is 0.383 e. The van der Waals surface area contributed by atoms with E-state index in [2.05, 4.69) is 5.32 Å². The van der Waals surface area contributed by atoms with Gasteiger partial charge in [-0.15, -0.1) is 0 Å². The summed E-state index contributed by atoms with van der Waals surface area (Å²) in [5.41, 5.74) is 0.447. The van der Waals surface area contributed by atoms with Crippen LogP contribution >= 0.6 is 11.6 Å². The summed E-state index contributed by atoms with van der Waals surface area (Å²) < 4.78 is 0. The lowest BCUT2D eigenvalue weighted by molar-refractivity contribution is -0.117. The van der Waals surface area contributed by atoms with Crippen LogP contribution in [0.1, 0.15) is 23.2 Å². The molecule has 1 aromatic carbocycles. The van der Waals surface area contributed by atoms with Crippen molar-refractivity contribution in [3.63, 3.8) is 0 Å². The van der Waals surface area contributed by atoms with Crippen molar-refractivity contribution in [1.82, 2.24) is 10.2 Å². The maximum absolute atomic E-state index is 12.5. The van der Waals surface area contributed by atoms with Gasteiger partial charge in [0.1, 0.15) is 5.57 Å². The predicted molar refractivity (Wildman–Crippen MR) is 78.7 cm³/mol. The zero-order valence-corrected chi connectivity index (χ0v) is 12.3. The quantitative estimate of drug-likeness (QED) is 0.392. The van der Waals surface area contributed by atoms with E-state index in [1.165, 1.54) is 6.20 Å². The molecular formula is C15H17ClN2O2. The van der Waals surface area contributed by atoms with Crippen LogP contribution in [0.5, 0.6) is 0 Å². The zero-order chi connectivity index (χ0) is 14.7. The van der Waals surface area contributed by atoms with Gasteiger partial charge in [-0.25, -0.2) is 0 Å². The van der Waals surface area contributed by atoms with Gasteiger partial charge in [-0.2, -0.15) is 0 Å². The molecule has 1 aliphatic carbocycles. The van der Waals surface area contributed by atoms with Crippen LogP contribution in [0.25, 0.3) is 0 Å². The van der Waals surface area contributed by atoms with Crippen molar-refractivity contribution in [2.24, 2.45) is 0 Å². The Morgan fingerprint density at radius 1 is 1.30 bits per heavy atom. The predicted octanol–water partition coefficient (Wildman–Crippen LogP) is 2.25. The number of nitrogens with one attached hydrogen (secondary N) is 1. The number of benzene rings is 1. The van der Waals surface area contributed by atoms with Crippen LogP contribution < -0.4 is 5.32 Å². The third-order valence-electron chi connectivity index (χ3n) is 2.91.